The molecule has 2 aromatic carbocycles. The van der Waals surface area contributed by atoms with Crippen molar-refractivity contribution < 1.29 is 70.7 Å². The van der Waals surface area contributed by atoms with E-state index < -0.39 is 55.0 Å². The molecule has 0 fully saturated rings. The summed E-state index contributed by atoms with van der Waals surface area (Å²) in [7, 11) is -7.04. The Morgan fingerprint density at radius 2 is 1.68 bits per heavy atom. The number of hydrogen-bond acceptors (Lipinski definition) is 22. The second-order valence-electron chi connectivity index (χ2n) is 23.4. The number of nitrogens with zero attached hydrogens (tertiary/aromatic N) is 8. The van der Waals surface area contributed by atoms with E-state index in [1.807, 2.05) is 24.3 Å². The molecule has 6 aromatic rings. The molecule has 0 bridgehead atoms. The van der Waals surface area contributed by atoms with Crippen molar-refractivity contribution in [3.05, 3.63) is 123 Å². The third-order valence-corrected chi connectivity index (χ3v) is 18.3. The van der Waals surface area contributed by atoms with E-state index in [0.717, 1.165) is 22.8 Å². The molecule has 2 atom stereocenters. The first-order valence-electron chi connectivity index (χ1n) is 32.1. The van der Waals surface area contributed by atoms with E-state index in [1.165, 1.54) is 23.0 Å². The highest BCUT2D eigenvalue weighted by Crippen LogP contribution is 2.42. The molecule has 6 heterocycles. The van der Waals surface area contributed by atoms with E-state index in [1.54, 1.807) is 66.5 Å². The van der Waals surface area contributed by atoms with Crippen molar-refractivity contribution in [1.29, 1.82) is 0 Å². The van der Waals surface area contributed by atoms with Crippen LogP contribution in [-0.2, 0) is 112 Å². The van der Waals surface area contributed by atoms with E-state index in [9.17, 15) is 50.4 Å². The van der Waals surface area contributed by atoms with Crippen LogP contribution in [0, 0.1) is 17.8 Å². The number of unbranched alkanes of at least 4 members (excludes halogenated alkanes) is 2. The first kappa shape index (κ1) is 70.7. The fourth-order valence-corrected chi connectivity index (χ4v) is 12.8. The van der Waals surface area contributed by atoms with Gasteiger partial charge in [-0.3, -0.25) is 24.0 Å². The molecule has 8 rings (SSSR count). The normalized spacial score (nSPS) is 14.6. The number of hydrogen-bond donors (Lipinski definition) is 3. The molecule has 29 heteroatoms. The average Bonchev–Trinajstić information content (AvgIpc) is 1.54. The monoisotopic (exact) mass is 1350 g/mol. The summed E-state index contributed by atoms with van der Waals surface area (Å²) in [5.74, 6) is 2.96. The highest BCUT2D eigenvalue weighted by molar-refractivity contribution is 7.90. The second kappa shape index (κ2) is 33.6. The highest BCUT2D eigenvalue weighted by atomic mass is 32.2. The Balaban J connectivity index is 0.764. The Labute approximate surface area is 553 Å². The van der Waals surface area contributed by atoms with Crippen LogP contribution in [0.25, 0.3) is 22.3 Å². The predicted molar refractivity (Wildman–Crippen MR) is 348 cm³/mol. The van der Waals surface area contributed by atoms with Crippen molar-refractivity contribution in [2.75, 3.05) is 63.9 Å². The quantitative estimate of drug-likeness (QED) is 0.0185. The van der Waals surface area contributed by atoms with Gasteiger partial charge in [-0.15, -0.1) is 5.10 Å². The summed E-state index contributed by atoms with van der Waals surface area (Å²) < 4.78 is 88.6. The minimum Gasteiger partial charge on any atom is -0.457 e. The maximum Gasteiger partial charge on any atom is 0.510 e. The summed E-state index contributed by atoms with van der Waals surface area (Å²) in [6.07, 6.45) is 8.85. The average molecular weight is 1350 g/mol. The number of esters is 1. The van der Waals surface area contributed by atoms with E-state index in [0.29, 0.717) is 111 Å². The third-order valence-electron chi connectivity index (χ3n) is 16.0. The van der Waals surface area contributed by atoms with Crippen LogP contribution in [0.5, 0.6) is 0 Å². The number of benzene rings is 2. The summed E-state index contributed by atoms with van der Waals surface area (Å²) >= 11 is 0. The number of anilines is 1. The van der Waals surface area contributed by atoms with Gasteiger partial charge in [-0.05, 0) is 101 Å². The molecule has 3 N–H and O–H groups in total. The zero-order chi connectivity index (χ0) is 69.0. The SMILES string of the molecule is [3H]CCNCCCC[C@H](CC(=O)COCC(=O)CCCOCCn1cc(CNC(=O)CCCC#Cc2cnc(S(C)(=O)=O)nc2)nn1)C(=O)Nc1ccc(COC(=O)O[C@]2(CC)C(=O)OCc3c2cc2n(c3=O)Cc3c-2nc2ccccc2c3CCN(C(C)C)S(C)(=O)=O)cc1. The van der Waals surface area contributed by atoms with Crippen LogP contribution >= 0.6 is 0 Å². The van der Waals surface area contributed by atoms with E-state index in [2.05, 4.69) is 48.1 Å². The first-order valence-corrected chi connectivity index (χ1v) is 35.1. The number of pyridine rings is 2. The van der Waals surface area contributed by atoms with Gasteiger partial charge < -0.3 is 44.2 Å². The second-order valence-corrected chi connectivity index (χ2v) is 27.3. The summed E-state index contributed by atoms with van der Waals surface area (Å²) in [6.45, 7) is 6.75. The van der Waals surface area contributed by atoms with Gasteiger partial charge in [-0.2, -0.15) is 4.31 Å². The highest BCUT2D eigenvalue weighted by Gasteiger charge is 2.51. The van der Waals surface area contributed by atoms with Gasteiger partial charge in [-0.25, -0.2) is 46.1 Å². The summed E-state index contributed by atoms with van der Waals surface area (Å²) in [5, 5.41) is 17.5. The van der Waals surface area contributed by atoms with Crippen LogP contribution in [0.2, 0.25) is 0 Å². The van der Waals surface area contributed by atoms with E-state index >= 15 is 0 Å². The van der Waals surface area contributed by atoms with Crippen LogP contribution in [0.1, 0.15) is 132 Å². The van der Waals surface area contributed by atoms with E-state index in [4.69, 9.17) is 30.0 Å². The number of nitrogens with one attached hydrogen (secondary N) is 3. The number of carbonyl (C=O) groups excluding carboxylic acids is 6. The lowest BCUT2D eigenvalue weighted by molar-refractivity contribution is -0.175. The molecule has 2 aliphatic heterocycles. The smallest absolute Gasteiger partial charge is 0.457 e. The Hall–Kier alpha value is -8.66. The summed E-state index contributed by atoms with van der Waals surface area (Å²) in [5.41, 5.74) is 2.72. The van der Waals surface area contributed by atoms with Gasteiger partial charge in [0, 0.05) is 93.0 Å². The Morgan fingerprint density at radius 3 is 2.42 bits per heavy atom. The van der Waals surface area contributed by atoms with Crippen LogP contribution in [-0.4, -0.2) is 156 Å². The maximum absolute atomic E-state index is 14.4. The van der Waals surface area contributed by atoms with Crippen molar-refractivity contribution in [1.82, 2.24) is 49.5 Å². The van der Waals surface area contributed by atoms with Gasteiger partial charge in [0.2, 0.25) is 42.4 Å². The van der Waals surface area contributed by atoms with Gasteiger partial charge >= 0.3 is 12.1 Å². The molecule has 0 saturated carbocycles. The molecular formula is C66H81N11O16S2. The largest absolute Gasteiger partial charge is 0.510 e. The lowest BCUT2D eigenvalue weighted by atomic mass is 9.85. The number of para-hydroxylation sites is 1. The molecule has 0 radical (unpaired) electrons. The minimum atomic E-state index is -3.54. The minimum absolute atomic E-state index is 0.117. The zero-order valence-corrected chi connectivity index (χ0v) is 55.6. The molecule has 0 saturated heterocycles. The molecule has 0 aliphatic carbocycles. The zero-order valence-electron chi connectivity index (χ0n) is 55.0. The Bertz CT molecular complexity index is 4140. The van der Waals surface area contributed by atoms with E-state index in [-0.39, 0.29) is 125 Å². The standard InChI is InChI=1S/C66H81N11O16S2/c1-7-66(56-34-58-60-54(39-76(58)62(82)55(56)43-91-63(66)83)52(53-20-12-13-21-57(53)72-60)27-29-77(44(3)4)95(6,87)88)93-65(84)92-40-45-23-25-48(26-24-45)71-61(81)47(18-14-15-28-67-8-2)33-51(79)42-90-41-50(78)19-16-31-89-32-30-75-38-49(73-74-75)37-68-59(80)22-11-9-10-17-46-35-69-64(70-36-46)94(5,85)86/h12-13,20-21,23-26,34-36,38,44,47,67H,7-9,11,14-16,18-19,22,27-33,37,39-43H2,1-6H3,(H,68,80)(H,71,81)/t47-,66+/m1/s1/i2T. The maximum atomic E-state index is 14.4. The number of Topliss-reactive ketones (excluding diaryl/α,β-unsaturated/α-hetero) is 2. The molecule has 508 valence electrons. The third kappa shape index (κ3) is 19.7. The van der Waals surface area contributed by atoms with Crippen molar-refractivity contribution in [2.45, 2.75) is 148 Å². The summed E-state index contributed by atoms with van der Waals surface area (Å²) in [6, 6.07) is 15.2. The molecule has 4 aromatic heterocycles. The molecule has 0 unspecified atom stereocenters. The Kier molecular flexibility index (Phi) is 25.0. The number of ether oxygens (including phenoxy) is 5. The number of carbonyl (C=O) groups is 6. The van der Waals surface area contributed by atoms with Gasteiger partial charge in [0.1, 0.15) is 32.1 Å². The van der Waals surface area contributed by atoms with Crippen molar-refractivity contribution in [3.8, 4) is 23.2 Å². The van der Waals surface area contributed by atoms with Crippen LogP contribution in [0.3, 0.4) is 0 Å². The molecule has 0 spiro atoms. The predicted octanol–water partition coefficient (Wildman–Crippen LogP) is 5.65. The number of amides is 2. The van der Waals surface area contributed by atoms with Crippen molar-refractivity contribution in [3.63, 3.8) is 0 Å². The lowest BCUT2D eigenvalue weighted by Crippen LogP contribution is -2.47. The molecule has 95 heavy (non-hydrogen) atoms. The number of rotatable bonds is 36. The first-order chi connectivity index (χ1) is 46.0. The number of aromatic nitrogens is 7. The van der Waals surface area contributed by atoms with Crippen LogP contribution in [0.4, 0.5) is 10.5 Å². The van der Waals surface area contributed by atoms with Gasteiger partial charge in [0.15, 0.2) is 11.6 Å². The number of sulfonamides is 1. The molecular weight excluding hydrogens is 1270 g/mol. The topological polar surface area (TPSA) is 348 Å². The van der Waals surface area contributed by atoms with Gasteiger partial charge in [0.05, 0.1) is 66.7 Å². The van der Waals surface area contributed by atoms with Gasteiger partial charge in [-0.1, -0.05) is 67.6 Å². The number of ketones is 2. The number of sulfone groups is 1. The van der Waals surface area contributed by atoms with Crippen molar-refractivity contribution >= 4 is 72.0 Å². The molecule has 27 nitrogen and oxygen atoms in total. The lowest BCUT2D eigenvalue weighted by Gasteiger charge is -2.35. The Morgan fingerprint density at radius 1 is 0.916 bits per heavy atom. The molecule has 2 aliphatic rings. The van der Waals surface area contributed by atoms with Crippen LogP contribution in [0.15, 0.2) is 83.1 Å². The van der Waals surface area contributed by atoms with Gasteiger partial charge in [0.25, 0.3) is 5.56 Å². The van der Waals surface area contributed by atoms with Crippen molar-refractivity contribution in [2.24, 2.45) is 5.92 Å². The van der Waals surface area contributed by atoms with Crippen LogP contribution < -0.4 is 21.5 Å². The number of cyclic esters (lactones) is 1. The fourth-order valence-electron chi connectivity index (χ4n) is 11.1. The fraction of sp³-hybridized carbons (Fsp3) is 0.485. The summed E-state index contributed by atoms with van der Waals surface area (Å²) in [4.78, 5) is 106. The molecule has 2 amide bonds. The number of fused-ring (bicyclic) bond motifs is 5.